The maximum atomic E-state index is 8.89. The smallest absolute Gasteiger partial charge is 0.158 e. The molecule has 0 spiro atoms. The van der Waals surface area contributed by atoms with Gasteiger partial charge in [-0.15, -0.1) is 11.6 Å². The van der Waals surface area contributed by atoms with Crippen molar-refractivity contribution in [2.45, 2.75) is 84.5 Å². The van der Waals surface area contributed by atoms with Crippen molar-refractivity contribution in [2.24, 2.45) is 0 Å². The summed E-state index contributed by atoms with van der Waals surface area (Å²) in [6.07, 6.45) is 14.4. The molecule has 0 aromatic rings. The third kappa shape index (κ3) is 12.4. The molecule has 0 aromatic heterocycles. The predicted octanol–water partition coefficient (Wildman–Crippen LogP) is 5.92. The Labute approximate surface area is 176 Å². The van der Waals surface area contributed by atoms with E-state index in [4.69, 9.17) is 26.2 Å². The Balaban J connectivity index is 2.50. The summed E-state index contributed by atoms with van der Waals surface area (Å²) in [5.41, 5.74) is 3.96. The van der Waals surface area contributed by atoms with Crippen molar-refractivity contribution in [3.05, 3.63) is 34.9 Å². The number of rotatable bonds is 11. The number of ether oxygens (including phenoxy) is 2. The van der Waals surface area contributed by atoms with Gasteiger partial charge in [0.25, 0.3) is 0 Å². The Morgan fingerprint density at radius 1 is 1.11 bits per heavy atom. The first kappa shape index (κ1) is 25.0. The minimum absolute atomic E-state index is 0.0871. The fourth-order valence-corrected chi connectivity index (χ4v) is 3.15. The summed E-state index contributed by atoms with van der Waals surface area (Å²) in [5.74, 6) is 6.32. The summed E-state index contributed by atoms with van der Waals surface area (Å²) >= 11 is 5.80. The number of aliphatic hydroxyl groups excluding tert-OH is 1. The van der Waals surface area contributed by atoms with E-state index in [1.54, 1.807) is 0 Å². The molecule has 0 aromatic carbocycles. The van der Waals surface area contributed by atoms with Crippen LogP contribution in [0.4, 0.5) is 0 Å². The predicted molar refractivity (Wildman–Crippen MR) is 118 cm³/mol. The van der Waals surface area contributed by atoms with Crippen molar-refractivity contribution in [1.82, 2.24) is 0 Å². The molecule has 1 saturated heterocycles. The molecule has 1 fully saturated rings. The molecular weight excluding hydrogens is 372 g/mol. The first-order valence-corrected chi connectivity index (χ1v) is 11.0. The maximum absolute atomic E-state index is 8.89. The van der Waals surface area contributed by atoms with Gasteiger partial charge in [-0.25, -0.2) is 0 Å². The standard InChI is InChI=1S/C24H37ClO3/c1-20(11-9-13-22(3)19-25)10-8-12-21(2)18-23(14-4-6-16-26)28-24-15-5-7-17-27-24/h10,13,18,23-24,26H,5,7-9,11-12,14-17,19H2,1-3H3. The van der Waals surface area contributed by atoms with E-state index in [1.807, 2.05) is 0 Å². The Bertz CT molecular complexity index is 574. The first-order chi connectivity index (χ1) is 13.5. The molecule has 2 atom stereocenters. The lowest BCUT2D eigenvalue weighted by molar-refractivity contribution is -0.177. The van der Waals surface area contributed by atoms with Crippen LogP contribution >= 0.6 is 11.6 Å². The van der Waals surface area contributed by atoms with Crippen molar-refractivity contribution in [3.63, 3.8) is 0 Å². The molecular formula is C24H37ClO3. The first-order valence-electron chi connectivity index (χ1n) is 10.4. The third-order valence-electron chi connectivity index (χ3n) is 4.72. The lowest BCUT2D eigenvalue weighted by atomic mass is 10.0. The van der Waals surface area contributed by atoms with Gasteiger partial charge in [0.2, 0.25) is 0 Å². The van der Waals surface area contributed by atoms with Crippen LogP contribution in [0.15, 0.2) is 34.9 Å². The van der Waals surface area contributed by atoms with Crippen LogP contribution in [0.5, 0.6) is 0 Å². The van der Waals surface area contributed by atoms with E-state index in [2.05, 4.69) is 50.8 Å². The Kier molecular flexibility index (Phi) is 14.1. The average molecular weight is 409 g/mol. The van der Waals surface area contributed by atoms with E-state index in [-0.39, 0.29) is 19.0 Å². The normalized spacial score (nSPS) is 19.9. The number of allylic oxidation sites excluding steroid dienone is 5. The second kappa shape index (κ2) is 15.8. The fourth-order valence-electron chi connectivity index (χ4n) is 3.04. The van der Waals surface area contributed by atoms with Gasteiger partial charge >= 0.3 is 0 Å². The monoisotopic (exact) mass is 408 g/mol. The quantitative estimate of drug-likeness (QED) is 0.262. The van der Waals surface area contributed by atoms with E-state index in [1.165, 1.54) is 16.7 Å². The Morgan fingerprint density at radius 2 is 1.82 bits per heavy atom. The van der Waals surface area contributed by atoms with Gasteiger partial charge < -0.3 is 14.6 Å². The van der Waals surface area contributed by atoms with E-state index < -0.39 is 0 Å². The molecule has 4 heteroatoms. The van der Waals surface area contributed by atoms with Crippen molar-refractivity contribution >= 4 is 11.6 Å². The lowest BCUT2D eigenvalue weighted by Crippen LogP contribution is -2.27. The van der Waals surface area contributed by atoms with Crippen LogP contribution in [0, 0.1) is 11.8 Å². The van der Waals surface area contributed by atoms with Gasteiger partial charge in [-0.1, -0.05) is 46.8 Å². The summed E-state index contributed by atoms with van der Waals surface area (Å²) in [6, 6.07) is 0. The van der Waals surface area contributed by atoms with Crippen molar-refractivity contribution in [3.8, 4) is 11.8 Å². The van der Waals surface area contributed by atoms with Crippen molar-refractivity contribution in [1.29, 1.82) is 0 Å². The van der Waals surface area contributed by atoms with Crippen LogP contribution in [0.1, 0.15) is 72.1 Å². The minimum Gasteiger partial charge on any atom is -0.384 e. The van der Waals surface area contributed by atoms with Crippen molar-refractivity contribution in [2.75, 3.05) is 19.1 Å². The minimum atomic E-state index is -0.134. The molecule has 28 heavy (non-hydrogen) atoms. The second-order valence-corrected chi connectivity index (χ2v) is 7.78. The topological polar surface area (TPSA) is 38.7 Å². The van der Waals surface area contributed by atoms with Crippen LogP contribution in [0.3, 0.4) is 0 Å². The second-order valence-electron chi connectivity index (χ2n) is 7.51. The zero-order valence-corrected chi connectivity index (χ0v) is 18.6. The highest BCUT2D eigenvalue weighted by Crippen LogP contribution is 2.19. The molecule has 2 unspecified atom stereocenters. The Hall–Kier alpha value is -1.05. The van der Waals surface area contributed by atoms with Crippen LogP contribution in [-0.4, -0.2) is 36.6 Å². The van der Waals surface area contributed by atoms with Gasteiger partial charge in [0.15, 0.2) is 6.29 Å². The molecule has 1 heterocycles. The average Bonchev–Trinajstić information content (AvgIpc) is 2.68. The maximum Gasteiger partial charge on any atom is 0.158 e. The van der Waals surface area contributed by atoms with Crippen LogP contribution in [0.2, 0.25) is 0 Å². The molecule has 0 saturated carbocycles. The molecule has 158 valence electrons. The fraction of sp³-hybridized carbons (Fsp3) is 0.667. The largest absolute Gasteiger partial charge is 0.384 e. The molecule has 0 radical (unpaired) electrons. The molecule has 0 amide bonds. The zero-order valence-electron chi connectivity index (χ0n) is 17.8. The molecule has 3 nitrogen and oxygen atoms in total. The van der Waals surface area contributed by atoms with E-state index >= 15 is 0 Å². The van der Waals surface area contributed by atoms with Crippen LogP contribution < -0.4 is 0 Å². The molecule has 0 bridgehead atoms. The summed E-state index contributed by atoms with van der Waals surface area (Å²) in [7, 11) is 0. The van der Waals surface area contributed by atoms with Gasteiger partial charge in [0, 0.05) is 18.9 Å². The molecule has 1 aliphatic heterocycles. The molecule has 1 aliphatic rings. The summed E-state index contributed by atoms with van der Waals surface area (Å²) in [4.78, 5) is 0. The van der Waals surface area contributed by atoms with Crippen molar-refractivity contribution < 1.29 is 14.6 Å². The highest BCUT2D eigenvalue weighted by molar-refractivity contribution is 6.19. The SMILES string of the molecule is CC(=CCCC(C)=CCCC(C)=CC(CC#CCO)OC1CCCCO1)CCl. The van der Waals surface area contributed by atoms with Gasteiger partial charge in [0.1, 0.15) is 6.61 Å². The van der Waals surface area contributed by atoms with E-state index in [0.29, 0.717) is 12.3 Å². The van der Waals surface area contributed by atoms with Gasteiger partial charge in [-0.3, -0.25) is 0 Å². The van der Waals surface area contributed by atoms with Crippen LogP contribution in [0.25, 0.3) is 0 Å². The Morgan fingerprint density at radius 3 is 2.46 bits per heavy atom. The highest BCUT2D eigenvalue weighted by Gasteiger charge is 2.18. The van der Waals surface area contributed by atoms with E-state index in [9.17, 15) is 0 Å². The number of aliphatic hydroxyl groups is 1. The summed E-state index contributed by atoms with van der Waals surface area (Å²) < 4.78 is 11.8. The molecule has 1 rings (SSSR count). The van der Waals surface area contributed by atoms with Gasteiger partial charge in [-0.2, -0.15) is 0 Å². The lowest BCUT2D eigenvalue weighted by Gasteiger charge is -2.26. The third-order valence-corrected chi connectivity index (χ3v) is 5.14. The van der Waals surface area contributed by atoms with E-state index in [0.717, 1.165) is 51.6 Å². The highest BCUT2D eigenvalue weighted by atomic mass is 35.5. The number of halogens is 1. The number of alkyl halides is 1. The van der Waals surface area contributed by atoms with Crippen LogP contribution in [-0.2, 0) is 9.47 Å². The summed E-state index contributed by atoms with van der Waals surface area (Å²) in [6.45, 7) is 7.07. The number of hydrogen-bond acceptors (Lipinski definition) is 3. The van der Waals surface area contributed by atoms with Gasteiger partial charge in [0.05, 0.1) is 6.10 Å². The number of hydrogen-bond donors (Lipinski definition) is 1. The molecule has 1 N–H and O–H groups in total. The molecule has 0 aliphatic carbocycles. The zero-order chi connectivity index (χ0) is 20.6. The summed E-state index contributed by atoms with van der Waals surface area (Å²) in [5, 5.41) is 8.89. The van der Waals surface area contributed by atoms with Gasteiger partial charge in [-0.05, 0) is 65.7 Å².